The maximum Gasteiger partial charge on any atom is 0.191 e. The number of hydrogen-bond donors (Lipinski definition) is 1. The van der Waals surface area contributed by atoms with E-state index in [1.807, 2.05) is 27.7 Å². The van der Waals surface area contributed by atoms with Gasteiger partial charge in [0, 0.05) is 16.7 Å². The molecule has 1 aliphatic heterocycles. The number of hydrogen-bond acceptors (Lipinski definition) is 5. The average Bonchev–Trinajstić information content (AvgIpc) is 2.85. The van der Waals surface area contributed by atoms with E-state index in [2.05, 4.69) is 0 Å². The maximum absolute atomic E-state index is 17.1. The summed E-state index contributed by atoms with van der Waals surface area (Å²) in [6.45, 7) is 7.98. The lowest BCUT2D eigenvalue weighted by Gasteiger charge is -2.67. The lowest BCUT2D eigenvalue weighted by atomic mass is 9.43. The first kappa shape index (κ1) is 21.5. The Morgan fingerprint density at radius 2 is 2.13 bits per heavy atom. The summed E-state index contributed by atoms with van der Waals surface area (Å²) in [5, 5.41) is 11.4. The van der Waals surface area contributed by atoms with E-state index in [9.17, 15) is 14.7 Å². The minimum Gasteiger partial charge on any atom is -0.390 e. The molecule has 5 aliphatic rings. The molecular weight excluding hydrogens is 399 g/mol. The fourth-order valence-electron chi connectivity index (χ4n) is 8.01. The van der Waals surface area contributed by atoms with Crippen molar-refractivity contribution in [3.8, 4) is 0 Å². The summed E-state index contributed by atoms with van der Waals surface area (Å²) in [5.41, 5.74) is -3.64. The largest absolute Gasteiger partial charge is 0.390 e. The number of carbonyl (C=O) groups excluding carboxylic acids is 2. The summed E-state index contributed by atoms with van der Waals surface area (Å²) in [7, 11) is 0. The molecule has 31 heavy (non-hydrogen) atoms. The summed E-state index contributed by atoms with van der Waals surface area (Å²) in [4.78, 5) is 25.3. The first-order chi connectivity index (χ1) is 14.5. The number of alkyl halides is 1. The van der Waals surface area contributed by atoms with Crippen LogP contribution in [-0.2, 0) is 19.1 Å². The molecule has 8 atom stereocenters. The Balaban J connectivity index is 1.54. The topological polar surface area (TPSA) is 72.8 Å². The molecule has 0 aromatic rings. The highest BCUT2D eigenvalue weighted by atomic mass is 19.1. The molecule has 1 spiro atoms. The van der Waals surface area contributed by atoms with Gasteiger partial charge in [-0.3, -0.25) is 9.59 Å². The van der Waals surface area contributed by atoms with Crippen LogP contribution in [0.5, 0.6) is 0 Å². The number of ketones is 2. The Kier molecular flexibility index (Phi) is 4.56. The third-order valence-corrected chi connectivity index (χ3v) is 9.42. The van der Waals surface area contributed by atoms with Crippen LogP contribution in [0, 0.1) is 28.6 Å². The van der Waals surface area contributed by atoms with Crippen LogP contribution in [0.2, 0.25) is 0 Å². The summed E-state index contributed by atoms with van der Waals surface area (Å²) in [6.07, 6.45) is 5.47. The highest BCUT2D eigenvalue weighted by Crippen LogP contribution is 2.74. The maximum atomic E-state index is 17.1. The molecule has 0 bridgehead atoms. The number of halogens is 1. The van der Waals surface area contributed by atoms with Crippen molar-refractivity contribution in [3.05, 3.63) is 23.8 Å². The van der Waals surface area contributed by atoms with Crippen molar-refractivity contribution in [1.29, 1.82) is 0 Å². The van der Waals surface area contributed by atoms with Gasteiger partial charge in [0.1, 0.15) is 12.2 Å². The average molecular weight is 433 g/mol. The Hall–Kier alpha value is -1.37. The molecule has 170 valence electrons. The van der Waals surface area contributed by atoms with E-state index < -0.39 is 28.2 Å². The van der Waals surface area contributed by atoms with Crippen molar-refractivity contribution in [1.82, 2.24) is 0 Å². The Morgan fingerprint density at radius 1 is 1.39 bits per heavy atom. The minimum absolute atomic E-state index is 0.0204. The highest BCUT2D eigenvalue weighted by Gasteiger charge is 2.81. The van der Waals surface area contributed by atoms with E-state index in [1.165, 1.54) is 6.08 Å². The smallest absolute Gasteiger partial charge is 0.191 e. The van der Waals surface area contributed by atoms with Crippen LogP contribution in [0.4, 0.5) is 4.39 Å². The zero-order chi connectivity index (χ0) is 22.4. The molecule has 0 unspecified atom stereocenters. The van der Waals surface area contributed by atoms with Crippen LogP contribution >= 0.6 is 0 Å². The lowest BCUT2D eigenvalue weighted by Crippen LogP contribution is -2.76. The minimum atomic E-state index is -1.87. The van der Waals surface area contributed by atoms with Gasteiger partial charge >= 0.3 is 0 Å². The van der Waals surface area contributed by atoms with Gasteiger partial charge < -0.3 is 14.6 Å². The SMILES string of the molecule is CC(C)OCC(=O)[C@]12OC[C@@]13C[C@H](O)[C@@]1(F)[C@@H](CCC4=CC(=O)C=C[C@@]41C)[C@@H]3C[C@H]2C. The summed E-state index contributed by atoms with van der Waals surface area (Å²) in [5.74, 6) is -0.683. The second kappa shape index (κ2) is 6.58. The van der Waals surface area contributed by atoms with Crippen LogP contribution < -0.4 is 0 Å². The highest BCUT2D eigenvalue weighted by molar-refractivity contribution is 6.01. The third-order valence-electron chi connectivity index (χ3n) is 9.42. The molecule has 1 heterocycles. The molecule has 1 saturated heterocycles. The van der Waals surface area contributed by atoms with Crippen molar-refractivity contribution in [2.45, 2.75) is 76.9 Å². The first-order valence-corrected chi connectivity index (χ1v) is 11.6. The van der Waals surface area contributed by atoms with E-state index in [0.29, 0.717) is 25.9 Å². The number of aliphatic hydroxyl groups is 1. The van der Waals surface area contributed by atoms with Crippen molar-refractivity contribution < 1.29 is 28.6 Å². The second-order valence-corrected chi connectivity index (χ2v) is 10.9. The molecule has 0 aromatic carbocycles. The fourth-order valence-corrected chi connectivity index (χ4v) is 8.01. The van der Waals surface area contributed by atoms with Gasteiger partial charge in [0.25, 0.3) is 0 Å². The molecule has 0 radical (unpaired) electrons. The van der Waals surface area contributed by atoms with E-state index in [4.69, 9.17) is 9.47 Å². The third kappa shape index (κ3) is 2.37. The molecule has 0 amide bonds. The monoisotopic (exact) mass is 432 g/mol. The Bertz CT molecular complexity index is 894. The molecule has 4 fully saturated rings. The molecular formula is C25H33FO5. The van der Waals surface area contributed by atoms with Crippen molar-refractivity contribution >= 4 is 11.6 Å². The van der Waals surface area contributed by atoms with Crippen LogP contribution in [0.1, 0.15) is 53.4 Å². The van der Waals surface area contributed by atoms with E-state index >= 15 is 4.39 Å². The van der Waals surface area contributed by atoms with E-state index in [0.717, 1.165) is 5.57 Å². The zero-order valence-corrected chi connectivity index (χ0v) is 18.8. The molecule has 1 N–H and O–H groups in total. The summed E-state index contributed by atoms with van der Waals surface area (Å²) < 4.78 is 28.8. The molecule has 3 saturated carbocycles. The molecule has 5 nitrogen and oxygen atoms in total. The number of aliphatic hydroxyl groups excluding tert-OH is 1. The number of rotatable bonds is 4. The van der Waals surface area contributed by atoms with Gasteiger partial charge in [0.2, 0.25) is 0 Å². The summed E-state index contributed by atoms with van der Waals surface area (Å²) in [6, 6.07) is 0. The normalized spacial score (nSPS) is 50.2. The van der Waals surface area contributed by atoms with E-state index in [-0.39, 0.29) is 48.5 Å². The van der Waals surface area contributed by atoms with Gasteiger partial charge in [-0.2, -0.15) is 0 Å². The predicted octanol–water partition coefficient (Wildman–Crippen LogP) is 3.35. The second-order valence-electron chi connectivity index (χ2n) is 10.9. The Morgan fingerprint density at radius 3 is 2.77 bits per heavy atom. The predicted molar refractivity (Wildman–Crippen MR) is 112 cm³/mol. The van der Waals surface area contributed by atoms with Gasteiger partial charge in [0.15, 0.2) is 17.2 Å². The van der Waals surface area contributed by atoms with Gasteiger partial charge in [-0.1, -0.05) is 18.6 Å². The van der Waals surface area contributed by atoms with Crippen LogP contribution in [-0.4, -0.2) is 53.4 Å². The number of allylic oxidation sites excluding steroid dienone is 4. The van der Waals surface area contributed by atoms with Crippen molar-refractivity contribution in [2.75, 3.05) is 13.2 Å². The van der Waals surface area contributed by atoms with Crippen LogP contribution in [0.15, 0.2) is 23.8 Å². The van der Waals surface area contributed by atoms with Gasteiger partial charge in [0.05, 0.1) is 18.8 Å². The molecule has 5 rings (SSSR count). The zero-order valence-electron chi connectivity index (χ0n) is 18.8. The molecule has 4 aliphatic carbocycles. The lowest BCUT2D eigenvalue weighted by molar-refractivity contribution is -0.310. The van der Waals surface area contributed by atoms with Crippen molar-refractivity contribution in [2.24, 2.45) is 28.6 Å². The Labute approximate surface area is 183 Å². The summed E-state index contributed by atoms with van der Waals surface area (Å²) >= 11 is 0. The number of carbonyl (C=O) groups is 2. The molecule has 6 heteroatoms. The quantitative estimate of drug-likeness (QED) is 0.738. The number of fused-ring (bicyclic) bond motifs is 4. The first-order valence-electron chi connectivity index (χ1n) is 11.6. The fraction of sp³-hybridized carbons (Fsp3) is 0.760. The number of Topliss-reactive ketones (excluding diaryl/α,β-unsaturated/α-hetero) is 1. The van der Waals surface area contributed by atoms with Crippen LogP contribution in [0.3, 0.4) is 0 Å². The van der Waals surface area contributed by atoms with E-state index in [1.54, 1.807) is 12.2 Å². The van der Waals surface area contributed by atoms with Crippen molar-refractivity contribution in [3.63, 3.8) is 0 Å². The number of ether oxygens (including phenoxy) is 2. The van der Waals surface area contributed by atoms with Gasteiger partial charge in [-0.25, -0.2) is 4.39 Å². The molecule has 0 aromatic heterocycles. The van der Waals surface area contributed by atoms with Gasteiger partial charge in [-0.05, 0) is 70.4 Å². The van der Waals surface area contributed by atoms with Crippen LogP contribution in [0.25, 0.3) is 0 Å². The van der Waals surface area contributed by atoms with Gasteiger partial charge in [-0.15, -0.1) is 0 Å². The standard InChI is InChI=1S/C25H33FO5/c1-14(2)30-12-21(29)25-15(3)9-19-18-6-5-16-10-17(27)7-8-22(16,4)24(18,26)20(28)11-23(19,25)13-31-25/h7-8,10,14-15,18-20,28H,5-6,9,11-13H2,1-4H3/t15-,18+,19+,20+,22+,23-,24+,25+/m1/s1.